The van der Waals surface area contributed by atoms with Gasteiger partial charge >= 0.3 is 0 Å². The minimum Gasteiger partial charge on any atom is -0.493 e. The van der Waals surface area contributed by atoms with Gasteiger partial charge in [-0.05, 0) is 54.0 Å². The topological polar surface area (TPSA) is 76.7 Å². The van der Waals surface area contributed by atoms with Crippen LogP contribution in [0.1, 0.15) is 25.0 Å². The van der Waals surface area contributed by atoms with Gasteiger partial charge in [0, 0.05) is 6.08 Å². The summed E-state index contributed by atoms with van der Waals surface area (Å²) in [5.74, 6) is 0.488. The number of fused-ring (bicyclic) bond motifs is 1. The predicted octanol–water partition coefficient (Wildman–Crippen LogP) is 4.04. The van der Waals surface area contributed by atoms with Crippen LogP contribution in [0.2, 0.25) is 0 Å². The van der Waals surface area contributed by atoms with Crippen LogP contribution in [0.5, 0.6) is 11.5 Å². The molecule has 3 aromatic carbocycles. The molecule has 3 aromatic rings. The van der Waals surface area contributed by atoms with E-state index in [2.05, 4.69) is 10.9 Å². The fraction of sp³-hybridized carbons (Fsp3) is 0.200. The molecule has 0 aliphatic rings. The quantitative estimate of drug-likeness (QED) is 0.449. The molecule has 0 saturated heterocycles. The van der Waals surface area contributed by atoms with E-state index < -0.39 is 5.91 Å². The van der Waals surface area contributed by atoms with Gasteiger partial charge in [0.15, 0.2) is 11.5 Å². The lowest BCUT2D eigenvalue weighted by Gasteiger charge is -2.13. The number of carbonyl (C=O) groups is 2. The molecule has 31 heavy (non-hydrogen) atoms. The molecular formula is C25H26N2O4. The van der Waals surface area contributed by atoms with Gasteiger partial charge in [-0.3, -0.25) is 20.4 Å². The minimum absolute atomic E-state index is 0.0264. The molecule has 0 saturated carbocycles. The highest BCUT2D eigenvalue weighted by Gasteiger charge is 2.08. The van der Waals surface area contributed by atoms with Crippen LogP contribution in [0, 0.1) is 0 Å². The molecule has 0 atom stereocenters. The SMILES string of the molecule is COc1cc(/C=C/C(=O)NNC(=O)Cc2cccc3ccccc23)ccc1OC(C)C. The zero-order chi connectivity index (χ0) is 22.2. The van der Waals surface area contributed by atoms with Gasteiger partial charge in [-0.15, -0.1) is 0 Å². The lowest BCUT2D eigenvalue weighted by molar-refractivity contribution is -0.126. The summed E-state index contributed by atoms with van der Waals surface area (Å²) in [6.45, 7) is 3.87. The predicted molar refractivity (Wildman–Crippen MR) is 122 cm³/mol. The van der Waals surface area contributed by atoms with Crippen LogP contribution in [-0.4, -0.2) is 25.0 Å². The average Bonchev–Trinajstić information content (AvgIpc) is 2.77. The standard InChI is InChI=1S/C25H26N2O4/c1-17(2)31-22-13-11-18(15-23(22)30-3)12-14-24(28)26-27-25(29)16-20-9-6-8-19-7-4-5-10-21(19)20/h4-15,17H,16H2,1-3H3,(H,26,28)(H,27,29)/b14-12+. The summed E-state index contributed by atoms with van der Waals surface area (Å²) in [7, 11) is 1.56. The number of hydrogen-bond donors (Lipinski definition) is 2. The summed E-state index contributed by atoms with van der Waals surface area (Å²) >= 11 is 0. The molecule has 0 spiro atoms. The maximum absolute atomic E-state index is 12.3. The van der Waals surface area contributed by atoms with Crippen LogP contribution < -0.4 is 20.3 Å². The zero-order valence-electron chi connectivity index (χ0n) is 17.8. The average molecular weight is 418 g/mol. The Hall–Kier alpha value is -3.80. The summed E-state index contributed by atoms with van der Waals surface area (Å²) in [6, 6.07) is 19.1. The molecule has 3 rings (SSSR count). The van der Waals surface area contributed by atoms with E-state index in [-0.39, 0.29) is 18.4 Å². The van der Waals surface area contributed by atoms with E-state index in [0.717, 1.165) is 21.9 Å². The Bertz CT molecular complexity index is 1100. The van der Waals surface area contributed by atoms with E-state index in [1.807, 2.05) is 62.4 Å². The number of hydrazine groups is 1. The Morgan fingerprint density at radius 3 is 2.52 bits per heavy atom. The van der Waals surface area contributed by atoms with Crippen molar-refractivity contribution in [3.63, 3.8) is 0 Å². The van der Waals surface area contributed by atoms with Gasteiger partial charge in [-0.1, -0.05) is 48.5 Å². The monoisotopic (exact) mass is 418 g/mol. The van der Waals surface area contributed by atoms with Crippen LogP contribution in [0.3, 0.4) is 0 Å². The number of amides is 2. The van der Waals surface area contributed by atoms with Gasteiger partial charge in [0.05, 0.1) is 19.6 Å². The Balaban J connectivity index is 1.56. The van der Waals surface area contributed by atoms with Crippen molar-refractivity contribution >= 4 is 28.7 Å². The smallest absolute Gasteiger partial charge is 0.262 e. The summed E-state index contributed by atoms with van der Waals surface area (Å²) in [5, 5.41) is 2.09. The van der Waals surface area contributed by atoms with Gasteiger partial charge in [0.1, 0.15) is 0 Å². The number of methoxy groups -OCH3 is 1. The van der Waals surface area contributed by atoms with Gasteiger partial charge in [-0.25, -0.2) is 0 Å². The number of ether oxygens (including phenoxy) is 2. The van der Waals surface area contributed by atoms with E-state index in [0.29, 0.717) is 11.5 Å². The number of benzene rings is 3. The highest BCUT2D eigenvalue weighted by molar-refractivity contribution is 5.94. The molecule has 6 heteroatoms. The molecule has 0 aliphatic carbocycles. The molecule has 0 radical (unpaired) electrons. The third-order valence-electron chi connectivity index (χ3n) is 4.53. The normalized spacial score (nSPS) is 11.0. The van der Waals surface area contributed by atoms with Crippen molar-refractivity contribution in [1.29, 1.82) is 0 Å². The minimum atomic E-state index is -0.437. The van der Waals surface area contributed by atoms with E-state index in [1.165, 1.54) is 6.08 Å². The van der Waals surface area contributed by atoms with Crippen molar-refractivity contribution in [2.45, 2.75) is 26.4 Å². The first kappa shape index (κ1) is 21.9. The van der Waals surface area contributed by atoms with Gasteiger partial charge in [0.25, 0.3) is 5.91 Å². The Kier molecular flexibility index (Phi) is 7.27. The first-order chi connectivity index (χ1) is 15.0. The molecule has 0 fully saturated rings. The van der Waals surface area contributed by atoms with Gasteiger partial charge in [-0.2, -0.15) is 0 Å². The fourth-order valence-corrected chi connectivity index (χ4v) is 3.15. The first-order valence-electron chi connectivity index (χ1n) is 10.0. The highest BCUT2D eigenvalue weighted by atomic mass is 16.5. The van der Waals surface area contributed by atoms with Gasteiger partial charge < -0.3 is 9.47 Å². The molecule has 0 aliphatic heterocycles. The Labute approximate surface area is 181 Å². The molecule has 0 heterocycles. The van der Waals surface area contributed by atoms with Crippen molar-refractivity contribution in [2.75, 3.05) is 7.11 Å². The summed E-state index contributed by atoms with van der Waals surface area (Å²) in [6.07, 6.45) is 3.17. The molecule has 0 unspecified atom stereocenters. The van der Waals surface area contributed by atoms with Crippen LogP contribution >= 0.6 is 0 Å². The summed E-state index contributed by atoms with van der Waals surface area (Å²) in [5.41, 5.74) is 6.52. The van der Waals surface area contributed by atoms with Crippen molar-refractivity contribution in [2.24, 2.45) is 0 Å². The largest absolute Gasteiger partial charge is 0.493 e. The second-order valence-electron chi connectivity index (χ2n) is 7.26. The number of rotatable bonds is 7. The van der Waals surface area contributed by atoms with Gasteiger partial charge in [0.2, 0.25) is 5.91 Å². The van der Waals surface area contributed by atoms with Crippen molar-refractivity contribution in [1.82, 2.24) is 10.9 Å². The first-order valence-corrected chi connectivity index (χ1v) is 10.0. The number of hydrogen-bond acceptors (Lipinski definition) is 4. The van der Waals surface area contributed by atoms with E-state index in [4.69, 9.17) is 9.47 Å². The van der Waals surface area contributed by atoms with Crippen LogP contribution in [-0.2, 0) is 16.0 Å². The zero-order valence-corrected chi connectivity index (χ0v) is 17.8. The number of carbonyl (C=O) groups excluding carboxylic acids is 2. The fourth-order valence-electron chi connectivity index (χ4n) is 3.15. The van der Waals surface area contributed by atoms with Crippen molar-refractivity contribution < 1.29 is 19.1 Å². The third-order valence-corrected chi connectivity index (χ3v) is 4.53. The van der Waals surface area contributed by atoms with Crippen molar-refractivity contribution in [3.05, 3.63) is 77.9 Å². The second-order valence-corrected chi connectivity index (χ2v) is 7.26. The van der Waals surface area contributed by atoms with Crippen molar-refractivity contribution in [3.8, 4) is 11.5 Å². The second kappa shape index (κ2) is 10.3. The molecule has 2 amide bonds. The Morgan fingerprint density at radius 2 is 1.74 bits per heavy atom. The third kappa shape index (κ3) is 6.09. The van der Waals surface area contributed by atoms with Crippen LogP contribution in [0.4, 0.5) is 0 Å². The van der Waals surface area contributed by atoms with E-state index in [1.54, 1.807) is 25.3 Å². The number of nitrogens with one attached hydrogen (secondary N) is 2. The molecular weight excluding hydrogens is 392 g/mol. The maximum Gasteiger partial charge on any atom is 0.262 e. The molecule has 0 aromatic heterocycles. The van der Waals surface area contributed by atoms with Crippen LogP contribution in [0.25, 0.3) is 16.8 Å². The Morgan fingerprint density at radius 1 is 0.968 bits per heavy atom. The molecule has 0 bridgehead atoms. The molecule has 6 nitrogen and oxygen atoms in total. The van der Waals surface area contributed by atoms with E-state index in [9.17, 15) is 9.59 Å². The maximum atomic E-state index is 12.3. The highest BCUT2D eigenvalue weighted by Crippen LogP contribution is 2.29. The lowest BCUT2D eigenvalue weighted by Crippen LogP contribution is -2.41. The molecule has 2 N–H and O–H groups in total. The summed E-state index contributed by atoms with van der Waals surface area (Å²) in [4.78, 5) is 24.3. The summed E-state index contributed by atoms with van der Waals surface area (Å²) < 4.78 is 11.0. The van der Waals surface area contributed by atoms with E-state index >= 15 is 0 Å². The molecule has 160 valence electrons. The van der Waals surface area contributed by atoms with Crippen LogP contribution in [0.15, 0.2) is 66.7 Å². The lowest BCUT2D eigenvalue weighted by atomic mass is 10.0.